The number of hydrogen-bond acceptors (Lipinski definition) is 10. The van der Waals surface area contributed by atoms with E-state index in [-0.39, 0.29) is 37.5 Å². The monoisotopic (exact) mass is 742 g/mol. The first-order chi connectivity index (χ1) is 23.6. The van der Waals surface area contributed by atoms with Crippen LogP contribution in [0.15, 0.2) is 24.3 Å². The number of carbonyl (C=O) groups is 6. The van der Waals surface area contributed by atoms with Gasteiger partial charge in [0.1, 0.15) is 36.0 Å². The quantitative estimate of drug-likeness (QED) is 0.0830. The molecule has 0 unspecified atom stereocenters. The van der Waals surface area contributed by atoms with Gasteiger partial charge in [-0.2, -0.15) is 0 Å². The van der Waals surface area contributed by atoms with E-state index in [0.29, 0.717) is 12.0 Å². The highest BCUT2D eigenvalue weighted by Gasteiger charge is 2.39. The second-order valence-electron chi connectivity index (χ2n) is 13.4. The van der Waals surface area contributed by atoms with Gasteiger partial charge in [-0.3, -0.25) is 33.8 Å². The molecular formula is C32H51N6O12P. The molecule has 5 amide bonds. The fraction of sp³-hybridized carbons (Fsp3) is 0.625. The maximum absolute atomic E-state index is 13.8. The summed E-state index contributed by atoms with van der Waals surface area (Å²) in [7, 11) is -4.74. The van der Waals surface area contributed by atoms with Crippen molar-refractivity contribution in [1.29, 1.82) is 0 Å². The van der Waals surface area contributed by atoms with Crippen molar-refractivity contribution < 1.29 is 57.9 Å². The molecule has 0 radical (unpaired) electrons. The Balaban J connectivity index is 2.08. The molecule has 18 nitrogen and oxygen atoms in total. The van der Waals surface area contributed by atoms with Crippen LogP contribution in [0.2, 0.25) is 0 Å². The summed E-state index contributed by atoms with van der Waals surface area (Å²) in [6.45, 7) is 9.67. The van der Waals surface area contributed by atoms with Gasteiger partial charge in [-0.25, -0.2) is 9.36 Å². The van der Waals surface area contributed by atoms with Crippen LogP contribution in [0.4, 0.5) is 0 Å². The normalized spacial score (nSPS) is 18.2. The van der Waals surface area contributed by atoms with Gasteiger partial charge in [-0.05, 0) is 69.1 Å². The number of phosphoric ester groups is 1. The third kappa shape index (κ3) is 13.5. The molecule has 0 aliphatic carbocycles. The van der Waals surface area contributed by atoms with Crippen molar-refractivity contribution in [1.82, 2.24) is 26.2 Å². The van der Waals surface area contributed by atoms with Crippen molar-refractivity contribution in [2.75, 3.05) is 6.54 Å². The molecule has 1 aliphatic heterocycles. The topological polar surface area (TPSA) is 287 Å². The fourth-order valence-corrected chi connectivity index (χ4v) is 5.86. The average Bonchev–Trinajstić information content (AvgIpc) is 3.51. The summed E-state index contributed by atoms with van der Waals surface area (Å²) in [6, 6.07) is -1.47. The van der Waals surface area contributed by atoms with Crippen LogP contribution in [-0.2, 0) is 39.8 Å². The van der Waals surface area contributed by atoms with E-state index in [1.165, 1.54) is 43.0 Å². The Morgan fingerprint density at radius 1 is 0.902 bits per heavy atom. The molecule has 1 heterocycles. The second kappa shape index (κ2) is 18.9. The molecule has 2 rings (SSSR count). The van der Waals surface area contributed by atoms with Crippen molar-refractivity contribution in [3.63, 3.8) is 0 Å². The molecular weight excluding hydrogens is 691 g/mol. The van der Waals surface area contributed by atoms with Crippen molar-refractivity contribution >= 4 is 43.3 Å². The van der Waals surface area contributed by atoms with E-state index in [1.807, 2.05) is 13.8 Å². The Morgan fingerprint density at radius 2 is 1.49 bits per heavy atom. The molecule has 286 valence electrons. The smallest absolute Gasteiger partial charge is 0.480 e. The molecule has 0 aromatic heterocycles. The average molecular weight is 743 g/mol. The van der Waals surface area contributed by atoms with Gasteiger partial charge in [-0.15, -0.1) is 0 Å². The zero-order valence-electron chi connectivity index (χ0n) is 29.6. The van der Waals surface area contributed by atoms with Crippen molar-refractivity contribution in [3.05, 3.63) is 29.8 Å². The van der Waals surface area contributed by atoms with Gasteiger partial charge in [0.15, 0.2) is 0 Å². The molecule has 10 N–H and O–H groups in total. The molecule has 7 atom stereocenters. The molecule has 1 aromatic carbocycles. The van der Waals surface area contributed by atoms with E-state index < -0.39 is 91.6 Å². The first-order valence-electron chi connectivity index (χ1n) is 16.6. The van der Waals surface area contributed by atoms with Crippen LogP contribution >= 0.6 is 7.82 Å². The number of carboxylic acids is 1. The summed E-state index contributed by atoms with van der Waals surface area (Å²) >= 11 is 0. The molecule has 1 saturated heterocycles. The third-order valence-electron chi connectivity index (χ3n) is 8.15. The summed E-state index contributed by atoms with van der Waals surface area (Å²) < 4.78 is 15.6. The Morgan fingerprint density at radius 3 is 2.00 bits per heavy atom. The summed E-state index contributed by atoms with van der Waals surface area (Å²) in [4.78, 5) is 96.8. The number of phosphoric acid groups is 1. The van der Waals surface area contributed by atoms with Crippen LogP contribution < -0.4 is 31.5 Å². The summed E-state index contributed by atoms with van der Waals surface area (Å²) in [6.07, 6.45) is -0.385. The predicted octanol–water partition coefficient (Wildman–Crippen LogP) is -0.854. The van der Waals surface area contributed by atoms with Gasteiger partial charge in [0.05, 0.1) is 12.1 Å². The summed E-state index contributed by atoms with van der Waals surface area (Å²) in [5.41, 5.74) is 6.71. The highest BCUT2D eigenvalue weighted by Crippen LogP contribution is 2.37. The molecule has 0 bridgehead atoms. The van der Waals surface area contributed by atoms with Gasteiger partial charge >= 0.3 is 13.8 Å². The number of hydrogen-bond donors (Lipinski definition) is 9. The maximum atomic E-state index is 13.8. The second-order valence-corrected chi connectivity index (χ2v) is 14.6. The number of nitrogens with two attached hydrogens (primary N) is 1. The van der Waals surface area contributed by atoms with Gasteiger partial charge < -0.3 is 46.6 Å². The number of nitrogens with zero attached hydrogens (tertiary/aromatic N) is 1. The Bertz CT molecular complexity index is 1450. The largest absolute Gasteiger partial charge is 0.524 e. The molecule has 1 aromatic rings. The van der Waals surface area contributed by atoms with E-state index in [2.05, 4.69) is 25.8 Å². The molecule has 0 saturated carbocycles. The minimum atomic E-state index is -4.74. The minimum absolute atomic E-state index is 0.0365. The Hall–Kier alpha value is -4.09. The number of carbonyl (C=O) groups excluding carboxylic acids is 5. The molecule has 19 heteroatoms. The van der Waals surface area contributed by atoms with Crippen molar-refractivity contribution in [2.45, 2.75) is 110 Å². The van der Waals surface area contributed by atoms with Crippen LogP contribution in [0.25, 0.3) is 0 Å². The zero-order chi connectivity index (χ0) is 38.8. The van der Waals surface area contributed by atoms with E-state index in [9.17, 15) is 43.5 Å². The van der Waals surface area contributed by atoms with Crippen LogP contribution in [0.1, 0.15) is 66.4 Å². The standard InChI is InChI=1S/C32H51N6O12P/c1-16(2)14-23(35-28(41)22(33)15-20-9-11-21(12-10-20)50-51(47,48)49)31(44)38-13-7-8-24(38)29(42)34-18(5)27(40)37-26(19(6)39)30(43)36-25(17(3)4)32(45)46/h9-12,16-19,22-26,39H,7-8,13-15,33H2,1-6H3,(H,34,42)(H,35,41)(H,36,43)(H,37,40)(H,45,46)(H2,47,48,49)/t18-,19+,22-,23-,24-,25-,26-/m0/s1. The lowest BCUT2D eigenvalue weighted by molar-refractivity contribution is -0.144. The lowest BCUT2D eigenvalue weighted by Crippen LogP contribution is -2.60. The first kappa shape index (κ1) is 43.1. The van der Waals surface area contributed by atoms with Gasteiger partial charge in [0, 0.05) is 6.54 Å². The highest BCUT2D eigenvalue weighted by molar-refractivity contribution is 7.46. The van der Waals surface area contributed by atoms with E-state index in [0.717, 1.165) is 0 Å². The van der Waals surface area contributed by atoms with Crippen LogP contribution in [0.3, 0.4) is 0 Å². The lowest BCUT2D eigenvalue weighted by Gasteiger charge is -2.31. The number of amides is 5. The van der Waals surface area contributed by atoms with E-state index in [4.69, 9.17) is 15.5 Å². The number of carboxylic acid groups (broad SMARTS) is 1. The van der Waals surface area contributed by atoms with Crippen LogP contribution in [0.5, 0.6) is 5.75 Å². The number of aliphatic carboxylic acids is 1. The minimum Gasteiger partial charge on any atom is -0.480 e. The van der Waals surface area contributed by atoms with E-state index >= 15 is 0 Å². The van der Waals surface area contributed by atoms with Crippen molar-refractivity contribution in [3.8, 4) is 5.75 Å². The van der Waals surface area contributed by atoms with Crippen LogP contribution in [-0.4, -0.2) is 109 Å². The number of likely N-dealkylation sites (tertiary alicyclic amines) is 1. The number of nitrogens with one attached hydrogen (secondary N) is 4. The Labute approximate surface area is 296 Å². The van der Waals surface area contributed by atoms with E-state index in [1.54, 1.807) is 13.8 Å². The predicted molar refractivity (Wildman–Crippen MR) is 183 cm³/mol. The van der Waals surface area contributed by atoms with Gasteiger partial charge in [-0.1, -0.05) is 39.8 Å². The Kier molecular flexibility index (Phi) is 16.0. The molecule has 1 fully saturated rings. The number of aliphatic hydroxyl groups is 1. The number of rotatable bonds is 18. The zero-order valence-corrected chi connectivity index (χ0v) is 30.5. The molecule has 0 spiro atoms. The number of aliphatic hydroxyl groups excluding tert-OH is 1. The maximum Gasteiger partial charge on any atom is 0.524 e. The van der Waals surface area contributed by atoms with Crippen molar-refractivity contribution in [2.24, 2.45) is 17.6 Å². The SMILES string of the molecule is CC(C)C[C@H](NC(=O)[C@@H](N)Cc1ccc(OP(=O)(O)O)cc1)C(=O)N1CCC[C@H]1C(=O)N[C@@H](C)C(=O)N[C@H](C(=O)N[C@H](C(=O)O)C(C)C)[C@@H](C)O. The highest BCUT2D eigenvalue weighted by atomic mass is 31.2. The molecule has 1 aliphatic rings. The van der Waals surface area contributed by atoms with Gasteiger partial charge in [0.2, 0.25) is 29.5 Å². The lowest BCUT2D eigenvalue weighted by atomic mass is 10.0. The number of benzene rings is 1. The first-order valence-corrected chi connectivity index (χ1v) is 18.2. The summed E-state index contributed by atoms with van der Waals surface area (Å²) in [5.74, 6) is -5.43. The molecule has 51 heavy (non-hydrogen) atoms. The third-order valence-corrected chi connectivity index (χ3v) is 8.59. The van der Waals surface area contributed by atoms with Gasteiger partial charge in [0.25, 0.3) is 0 Å². The fourth-order valence-electron chi connectivity index (χ4n) is 5.46. The van der Waals surface area contributed by atoms with Crippen LogP contribution in [0, 0.1) is 11.8 Å². The summed E-state index contributed by atoms with van der Waals surface area (Å²) in [5, 5.41) is 29.4.